The van der Waals surface area contributed by atoms with Crippen LogP contribution < -0.4 is 26.0 Å². The summed E-state index contributed by atoms with van der Waals surface area (Å²) in [6.45, 7) is 4.11. The van der Waals surface area contributed by atoms with E-state index in [1.165, 1.54) is 5.32 Å². The maximum atomic E-state index is 13.2. The Labute approximate surface area is 226 Å². The zero-order valence-electron chi connectivity index (χ0n) is 21.6. The normalized spacial score (nSPS) is 17.9. The first kappa shape index (κ1) is 27.3. The highest BCUT2D eigenvalue weighted by Crippen LogP contribution is 2.34. The van der Waals surface area contributed by atoms with Gasteiger partial charge in [-0.15, -0.1) is 10.2 Å². The molecule has 10 nitrogen and oxygen atoms in total. The number of halogens is 1. The maximum Gasteiger partial charge on any atom is 0.365 e. The van der Waals surface area contributed by atoms with Crippen LogP contribution >= 0.6 is 11.6 Å². The molecule has 4 rings (SSSR count). The summed E-state index contributed by atoms with van der Waals surface area (Å²) in [5.74, 6) is 0.656. The predicted octanol–water partition coefficient (Wildman–Crippen LogP) is 2.96. The summed E-state index contributed by atoms with van der Waals surface area (Å²) in [5, 5.41) is 19.5. The van der Waals surface area contributed by atoms with E-state index in [1.54, 1.807) is 32.2 Å². The van der Waals surface area contributed by atoms with E-state index in [0.29, 0.717) is 41.0 Å². The number of carbonyl (C=O) groups excluding carboxylic acids is 2. The number of rotatable bonds is 9. The molecular formula is C27H32ClN6O4+. The fraction of sp³-hybridized carbons (Fsp3) is 0.333. The first-order valence-corrected chi connectivity index (χ1v) is 12.9. The summed E-state index contributed by atoms with van der Waals surface area (Å²) in [7, 11) is 1.70. The molecule has 38 heavy (non-hydrogen) atoms. The van der Waals surface area contributed by atoms with Gasteiger partial charge in [0.05, 0.1) is 24.3 Å². The summed E-state index contributed by atoms with van der Waals surface area (Å²) in [4.78, 5) is 26.3. The minimum atomic E-state index is -0.543. The first-order valence-electron chi connectivity index (χ1n) is 12.5. The molecule has 0 radical (unpaired) electrons. The number of aromatic nitrogens is 2. The zero-order valence-corrected chi connectivity index (χ0v) is 22.3. The van der Waals surface area contributed by atoms with Gasteiger partial charge in [0.15, 0.2) is 5.70 Å². The second-order valence-corrected chi connectivity index (χ2v) is 9.32. The molecule has 1 aliphatic heterocycles. The molecule has 2 amide bonds. The number of ether oxygens (including phenoxy) is 1. The van der Waals surface area contributed by atoms with Crippen LogP contribution in [-0.2, 0) is 9.59 Å². The van der Waals surface area contributed by atoms with Crippen molar-refractivity contribution < 1.29 is 24.1 Å². The van der Waals surface area contributed by atoms with Crippen molar-refractivity contribution in [2.75, 3.05) is 13.7 Å². The number of carbonyl (C=O) groups is 2. The Balaban J connectivity index is 1.46. The molecule has 3 aromatic rings. The van der Waals surface area contributed by atoms with Crippen LogP contribution in [0.3, 0.4) is 0 Å². The largest absolute Gasteiger partial charge is 0.493 e. The number of nitrogens with zero attached hydrogens (tertiary/aromatic N) is 2. The molecule has 2 atom stereocenters. The molecule has 0 spiro atoms. The second-order valence-electron chi connectivity index (χ2n) is 8.88. The molecule has 1 aromatic heterocycles. The van der Waals surface area contributed by atoms with Gasteiger partial charge in [0, 0.05) is 17.8 Å². The van der Waals surface area contributed by atoms with E-state index in [-0.39, 0.29) is 29.4 Å². The van der Waals surface area contributed by atoms with Crippen molar-refractivity contribution in [2.24, 2.45) is 0 Å². The third kappa shape index (κ3) is 6.58. The van der Waals surface area contributed by atoms with E-state index in [2.05, 4.69) is 26.1 Å². The van der Waals surface area contributed by atoms with Crippen molar-refractivity contribution in [3.63, 3.8) is 0 Å². The fourth-order valence-corrected chi connectivity index (χ4v) is 4.39. The lowest BCUT2D eigenvalue weighted by Gasteiger charge is -2.28. The Hall–Kier alpha value is -3.73. The number of hydrogen-bond acceptors (Lipinski definition) is 8. The van der Waals surface area contributed by atoms with Crippen molar-refractivity contribution >= 4 is 29.1 Å². The SMILES string of the molecule is CCOc1ccc(Cl)cc1-c1nnc(C2CCCC(C(=O)NC(C(=O)[NH2+]c3ccccc3)=C(C)NC)N2)o1. The Bertz CT molecular complexity index is 1310. The van der Waals surface area contributed by atoms with Gasteiger partial charge in [0.1, 0.15) is 11.4 Å². The molecular weight excluding hydrogens is 508 g/mol. The topological polar surface area (TPSA) is 135 Å². The lowest BCUT2D eigenvalue weighted by molar-refractivity contribution is -0.479. The summed E-state index contributed by atoms with van der Waals surface area (Å²) < 4.78 is 11.7. The highest BCUT2D eigenvalue weighted by atomic mass is 35.5. The van der Waals surface area contributed by atoms with Crippen molar-refractivity contribution in [2.45, 2.75) is 45.2 Å². The number of hydrogen-bond donors (Lipinski definition) is 4. The van der Waals surface area contributed by atoms with Crippen molar-refractivity contribution in [1.82, 2.24) is 26.1 Å². The van der Waals surface area contributed by atoms with Gasteiger partial charge in [-0.05, 0) is 63.4 Å². The van der Waals surface area contributed by atoms with Crippen LogP contribution in [0.5, 0.6) is 5.75 Å². The van der Waals surface area contributed by atoms with Crippen molar-refractivity contribution in [3.05, 3.63) is 70.8 Å². The van der Waals surface area contributed by atoms with Gasteiger partial charge < -0.3 is 19.8 Å². The monoisotopic (exact) mass is 539 g/mol. The maximum absolute atomic E-state index is 13.2. The van der Waals surface area contributed by atoms with E-state index in [4.69, 9.17) is 20.8 Å². The predicted molar refractivity (Wildman–Crippen MR) is 142 cm³/mol. The number of piperidine rings is 1. The molecule has 0 saturated carbocycles. The van der Waals surface area contributed by atoms with Crippen LogP contribution in [0.4, 0.5) is 5.69 Å². The minimum Gasteiger partial charge on any atom is -0.493 e. The van der Waals surface area contributed by atoms with Gasteiger partial charge in [-0.1, -0.05) is 29.8 Å². The molecule has 0 bridgehead atoms. The highest BCUT2D eigenvalue weighted by molar-refractivity contribution is 6.30. The summed E-state index contributed by atoms with van der Waals surface area (Å²) in [6, 6.07) is 13.6. The summed E-state index contributed by atoms with van der Waals surface area (Å²) in [5.41, 5.74) is 2.13. The average molecular weight is 540 g/mol. The van der Waals surface area contributed by atoms with Crippen LogP contribution in [0.15, 0.2) is 64.3 Å². The van der Waals surface area contributed by atoms with E-state index >= 15 is 0 Å². The number of primary amides is 1. The average Bonchev–Trinajstić information content (AvgIpc) is 3.43. The van der Waals surface area contributed by atoms with Gasteiger partial charge in [-0.3, -0.25) is 10.1 Å². The summed E-state index contributed by atoms with van der Waals surface area (Å²) in [6.07, 6.45) is 2.09. The number of quaternary nitrogens is 1. The third-order valence-electron chi connectivity index (χ3n) is 6.26. The highest BCUT2D eigenvalue weighted by Gasteiger charge is 2.32. The molecule has 1 saturated heterocycles. The van der Waals surface area contributed by atoms with E-state index in [9.17, 15) is 9.59 Å². The van der Waals surface area contributed by atoms with Gasteiger partial charge in [0.2, 0.25) is 11.8 Å². The molecule has 200 valence electrons. The lowest BCUT2D eigenvalue weighted by atomic mass is 9.98. The van der Waals surface area contributed by atoms with Crippen LogP contribution in [0.2, 0.25) is 5.02 Å². The lowest BCUT2D eigenvalue weighted by Crippen LogP contribution is -2.83. The number of para-hydroxylation sites is 1. The van der Waals surface area contributed by atoms with Crippen LogP contribution in [0.1, 0.15) is 45.0 Å². The van der Waals surface area contributed by atoms with Gasteiger partial charge in [0.25, 0.3) is 5.89 Å². The Kier molecular flexibility index (Phi) is 9.11. The van der Waals surface area contributed by atoms with Crippen molar-refractivity contribution in [1.29, 1.82) is 0 Å². The zero-order chi connectivity index (χ0) is 27.1. The molecule has 0 aliphatic carbocycles. The molecule has 2 unspecified atom stereocenters. The Morgan fingerprint density at radius 1 is 1.18 bits per heavy atom. The molecule has 2 heterocycles. The first-order chi connectivity index (χ1) is 18.4. The van der Waals surface area contributed by atoms with E-state index < -0.39 is 6.04 Å². The Morgan fingerprint density at radius 3 is 2.71 bits per heavy atom. The van der Waals surface area contributed by atoms with Gasteiger partial charge in [-0.25, -0.2) is 10.1 Å². The van der Waals surface area contributed by atoms with Gasteiger partial charge in [-0.2, -0.15) is 0 Å². The third-order valence-corrected chi connectivity index (χ3v) is 6.49. The van der Waals surface area contributed by atoms with Crippen molar-refractivity contribution in [3.8, 4) is 17.2 Å². The quantitative estimate of drug-likeness (QED) is 0.241. The van der Waals surface area contributed by atoms with Crippen LogP contribution in [0.25, 0.3) is 11.5 Å². The number of benzene rings is 2. The minimum absolute atomic E-state index is 0.203. The standard InChI is InChI=1S/C27H31ClN6O4/c1-4-37-22-14-13-17(28)15-19(22)26-33-34-27(38-26)21-12-8-11-20(31-21)24(35)32-23(16(2)29-3)25(36)30-18-9-6-5-7-10-18/h5-7,9-10,13-15,20-21,29,31H,4,8,11-12H2,1-3H3,(H,30,36)(H,32,35)/p+1. The molecule has 5 N–H and O–H groups in total. The Morgan fingerprint density at radius 2 is 1.97 bits per heavy atom. The number of nitrogens with two attached hydrogens (primary N) is 1. The number of nitrogens with one attached hydrogen (secondary N) is 3. The van der Waals surface area contributed by atoms with Gasteiger partial charge >= 0.3 is 5.91 Å². The number of allylic oxidation sites excluding steroid dienone is 1. The molecule has 1 aliphatic rings. The molecule has 11 heteroatoms. The second kappa shape index (κ2) is 12.7. The van der Waals surface area contributed by atoms with E-state index in [0.717, 1.165) is 18.5 Å². The number of amides is 2. The molecule has 1 fully saturated rings. The fourth-order valence-electron chi connectivity index (χ4n) is 4.22. The van der Waals surface area contributed by atoms with Crippen LogP contribution in [-0.4, -0.2) is 41.7 Å². The summed E-state index contributed by atoms with van der Waals surface area (Å²) >= 11 is 6.18. The smallest absolute Gasteiger partial charge is 0.365 e. The molecule has 2 aromatic carbocycles. The van der Waals surface area contributed by atoms with E-state index in [1.807, 2.05) is 37.3 Å². The van der Waals surface area contributed by atoms with Crippen LogP contribution in [0, 0.1) is 0 Å².